The van der Waals surface area contributed by atoms with Crippen LogP contribution in [0.2, 0.25) is 0 Å². The summed E-state index contributed by atoms with van der Waals surface area (Å²) in [5.74, 6) is -1.55. The maximum absolute atomic E-state index is 13.2. The Labute approximate surface area is 470 Å². The van der Waals surface area contributed by atoms with E-state index in [2.05, 4.69) is 52.7 Å². The van der Waals surface area contributed by atoms with Gasteiger partial charge >= 0.3 is 6.36 Å². The van der Waals surface area contributed by atoms with Crippen LogP contribution in [0.5, 0.6) is 5.75 Å². The Bertz CT molecular complexity index is 2500. The number of alkyl halides is 3. The molecule has 2 aliphatic heterocycles. The molecule has 6 rings (SSSR count). The highest BCUT2D eigenvalue weighted by molar-refractivity contribution is 6.25. The number of nitrogens with zero attached hydrogens (tertiary/aromatic N) is 4. The number of fused-ring (bicyclic) bond motifs is 1. The number of unbranched alkanes of at least 4 members (excludes halogenated alkanes) is 5. The van der Waals surface area contributed by atoms with Crippen molar-refractivity contribution in [2.24, 2.45) is 5.92 Å². The first-order chi connectivity index (χ1) is 39.4. The standard InChI is InChI=1S/C56H77F3N10O12/c57-56(58,59)81-47-13-6-5-10-41(47)38-65-55-66-39-42(36-60)51(68-55)64-37-40-14-16-43(17-15-40)61-21-7-3-1-2-4-8-22-63-48(70)20-24-75-26-28-77-30-32-79-34-35-80-33-31-78-29-27-76-25-23-62-45-12-9-11-44-50(45)54(74)69(53(44)73)46-18-19-49(71)67-52(46)72/h5-6,9-13,39-40,43,46,61-62H,1-4,7-8,14-35,37-38H2,(H,63,70)(H,67,71,72)(H2,64,65,66,68). The van der Waals surface area contributed by atoms with Gasteiger partial charge in [-0.3, -0.25) is 34.2 Å². The molecule has 2 aromatic carbocycles. The molecule has 0 bridgehead atoms. The second kappa shape index (κ2) is 35.4. The summed E-state index contributed by atoms with van der Waals surface area (Å²) in [5, 5.41) is 27.9. The van der Waals surface area contributed by atoms with Crippen molar-refractivity contribution in [2.75, 3.05) is 121 Å². The van der Waals surface area contributed by atoms with Gasteiger partial charge in [-0.2, -0.15) is 10.2 Å². The van der Waals surface area contributed by atoms with Gasteiger partial charge in [0.2, 0.25) is 23.7 Å². The third kappa shape index (κ3) is 22.7. The third-order valence-electron chi connectivity index (χ3n) is 13.7. The number of nitriles is 1. The number of carbonyl (C=O) groups is 5. The van der Waals surface area contributed by atoms with Crippen molar-refractivity contribution in [3.63, 3.8) is 0 Å². The van der Waals surface area contributed by atoms with E-state index < -0.39 is 36.0 Å². The van der Waals surface area contributed by atoms with Crippen molar-refractivity contribution in [3.05, 3.63) is 70.9 Å². The molecule has 444 valence electrons. The van der Waals surface area contributed by atoms with Gasteiger partial charge in [0.05, 0.1) is 96.6 Å². The van der Waals surface area contributed by atoms with E-state index >= 15 is 0 Å². The number of carbonyl (C=O) groups excluding carboxylic acids is 5. The quantitative estimate of drug-likeness (QED) is 0.0287. The Morgan fingerprint density at radius 3 is 1.99 bits per heavy atom. The fraction of sp³-hybridized carbons (Fsp3) is 0.607. The van der Waals surface area contributed by atoms with Crippen LogP contribution in [0, 0.1) is 17.2 Å². The summed E-state index contributed by atoms with van der Waals surface area (Å²) < 4.78 is 75.9. The number of para-hydroxylation sites is 1. The average molecular weight is 1140 g/mol. The number of imide groups is 2. The molecule has 5 amide bonds. The largest absolute Gasteiger partial charge is 0.573 e. The van der Waals surface area contributed by atoms with E-state index in [9.17, 15) is 42.4 Å². The summed E-state index contributed by atoms with van der Waals surface area (Å²) in [6.45, 7) is 7.29. The number of anilines is 3. The van der Waals surface area contributed by atoms with Crippen LogP contribution in [0.25, 0.3) is 0 Å². The van der Waals surface area contributed by atoms with Crippen LogP contribution in [0.1, 0.15) is 115 Å². The Balaban J connectivity index is 0.641. The Kier molecular flexibility index (Phi) is 27.8. The maximum atomic E-state index is 13.2. The van der Waals surface area contributed by atoms with Crippen molar-refractivity contribution in [1.82, 2.24) is 30.8 Å². The lowest BCUT2D eigenvalue weighted by molar-refractivity contribution is -0.274. The molecular formula is C56H77F3N10O12. The van der Waals surface area contributed by atoms with Gasteiger partial charge in [-0.05, 0) is 75.6 Å². The first kappa shape index (κ1) is 63.6. The van der Waals surface area contributed by atoms with E-state index in [4.69, 9.17) is 28.4 Å². The first-order valence-electron chi connectivity index (χ1n) is 28.0. The van der Waals surface area contributed by atoms with E-state index in [-0.39, 0.29) is 59.2 Å². The Hall–Kier alpha value is -6.53. The Morgan fingerprint density at radius 2 is 1.33 bits per heavy atom. The highest BCUT2D eigenvalue weighted by atomic mass is 19.4. The molecule has 1 saturated heterocycles. The molecule has 0 radical (unpaired) electrons. The van der Waals surface area contributed by atoms with E-state index in [0.29, 0.717) is 129 Å². The number of halogens is 3. The minimum atomic E-state index is -4.81. The lowest BCUT2D eigenvalue weighted by atomic mass is 9.86. The van der Waals surface area contributed by atoms with Gasteiger partial charge in [0.15, 0.2) is 0 Å². The number of hydrogen-bond donors (Lipinski definition) is 6. The zero-order valence-corrected chi connectivity index (χ0v) is 45.9. The fourth-order valence-electron chi connectivity index (χ4n) is 9.41. The van der Waals surface area contributed by atoms with Crippen molar-refractivity contribution in [2.45, 2.75) is 108 Å². The van der Waals surface area contributed by atoms with E-state index in [1.807, 2.05) is 0 Å². The van der Waals surface area contributed by atoms with Gasteiger partial charge in [0.1, 0.15) is 29.2 Å². The molecule has 1 unspecified atom stereocenters. The van der Waals surface area contributed by atoms with E-state index in [1.165, 1.54) is 24.4 Å². The summed E-state index contributed by atoms with van der Waals surface area (Å²) in [4.78, 5) is 71.8. The maximum Gasteiger partial charge on any atom is 0.573 e. The number of amides is 5. The van der Waals surface area contributed by atoms with Gasteiger partial charge in [0.25, 0.3) is 11.8 Å². The molecular weight excluding hydrogens is 1060 g/mol. The normalized spacial score (nSPS) is 17.2. The number of ether oxygens (including phenoxy) is 7. The summed E-state index contributed by atoms with van der Waals surface area (Å²) in [7, 11) is 0. The fourth-order valence-corrected chi connectivity index (χ4v) is 9.41. The van der Waals surface area contributed by atoms with Crippen LogP contribution < -0.4 is 36.6 Å². The van der Waals surface area contributed by atoms with Gasteiger partial charge < -0.3 is 59.7 Å². The number of benzene rings is 2. The predicted molar refractivity (Wildman–Crippen MR) is 291 cm³/mol. The van der Waals surface area contributed by atoms with Gasteiger partial charge in [0, 0.05) is 56.3 Å². The van der Waals surface area contributed by atoms with Gasteiger partial charge in [-0.15, -0.1) is 13.2 Å². The molecule has 1 aromatic heterocycles. The second-order valence-electron chi connectivity index (χ2n) is 19.6. The third-order valence-corrected chi connectivity index (χ3v) is 13.7. The summed E-state index contributed by atoms with van der Waals surface area (Å²) in [5.41, 5.74) is 1.44. The first-order valence-corrected chi connectivity index (χ1v) is 28.0. The summed E-state index contributed by atoms with van der Waals surface area (Å²) in [6, 6.07) is 12.3. The smallest absolute Gasteiger partial charge is 0.405 e. The van der Waals surface area contributed by atoms with Crippen LogP contribution >= 0.6 is 0 Å². The highest BCUT2D eigenvalue weighted by Crippen LogP contribution is 2.33. The van der Waals surface area contributed by atoms with E-state index in [0.717, 1.165) is 75.7 Å². The molecule has 6 N–H and O–H groups in total. The zero-order valence-electron chi connectivity index (χ0n) is 45.9. The number of rotatable bonds is 40. The second-order valence-corrected chi connectivity index (χ2v) is 19.6. The van der Waals surface area contributed by atoms with Gasteiger partial charge in [-0.1, -0.05) is 49.9 Å². The van der Waals surface area contributed by atoms with Crippen molar-refractivity contribution < 1.29 is 70.3 Å². The van der Waals surface area contributed by atoms with E-state index in [1.54, 1.807) is 24.3 Å². The minimum Gasteiger partial charge on any atom is -0.405 e. The number of nitrogens with one attached hydrogen (secondary N) is 6. The molecule has 3 aliphatic rings. The highest BCUT2D eigenvalue weighted by Gasteiger charge is 2.45. The van der Waals surface area contributed by atoms with Gasteiger partial charge in [-0.25, -0.2) is 4.98 Å². The van der Waals surface area contributed by atoms with Crippen molar-refractivity contribution in [3.8, 4) is 11.8 Å². The summed E-state index contributed by atoms with van der Waals surface area (Å²) in [6.07, 6.45) is 7.83. The average Bonchev–Trinajstić information content (AvgIpc) is 3.56. The molecule has 2 fully saturated rings. The molecule has 25 heteroatoms. The predicted octanol–water partition coefficient (Wildman–Crippen LogP) is 5.88. The summed E-state index contributed by atoms with van der Waals surface area (Å²) >= 11 is 0. The zero-order chi connectivity index (χ0) is 57.5. The van der Waals surface area contributed by atoms with Crippen LogP contribution in [0.15, 0.2) is 48.7 Å². The van der Waals surface area contributed by atoms with Crippen LogP contribution in [-0.2, 0) is 49.3 Å². The van der Waals surface area contributed by atoms with Crippen LogP contribution in [0.3, 0.4) is 0 Å². The number of piperidine rings is 1. The van der Waals surface area contributed by atoms with Crippen LogP contribution in [0.4, 0.5) is 30.6 Å². The molecule has 81 heavy (non-hydrogen) atoms. The molecule has 1 saturated carbocycles. The molecule has 3 heterocycles. The molecule has 22 nitrogen and oxygen atoms in total. The lowest BCUT2D eigenvalue weighted by Gasteiger charge is -2.29. The van der Waals surface area contributed by atoms with Crippen molar-refractivity contribution >= 4 is 47.0 Å². The molecule has 0 spiro atoms. The number of hydrogen-bond acceptors (Lipinski definition) is 19. The molecule has 1 atom stereocenters. The monoisotopic (exact) mass is 1140 g/mol. The topological polar surface area (TPSA) is 275 Å². The molecule has 1 aliphatic carbocycles. The lowest BCUT2D eigenvalue weighted by Crippen LogP contribution is -2.54. The Morgan fingerprint density at radius 1 is 0.704 bits per heavy atom. The SMILES string of the molecule is N#Cc1cnc(NCc2ccccc2OC(F)(F)F)nc1NCC1CCC(NCCCCCCCCNC(=O)CCOCCOCCOCCOCCOCCOCCNc2cccc3c2C(=O)N(C2CCC(=O)NC2=O)C3=O)CC1. The minimum absolute atomic E-state index is 0.000416. The van der Waals surface area contributed by atoms with Crippen LogP contribution in [-0.4, -0.2) is 168 Å². The van der Waals surface area contributed by atoms with Crippen molar-refractivity contribution in [1.29, 1.82) is 5.26 Å². The molecule has 3 aromatic rings. The number of aromatic nitrogens is 2.